The molecule has 1 aliphatic rings. The summed E-state index contributed by atoms with van der Waals surface area (Å²) in [6, 6.07) is 0.173. The van der Waals surface area contributed by atoms with Crippen LogP contribution < -0.4 is 5.32 Å². The molecule has 1 unspecified atom stereocenters. The van der Waals surface area contributed by atoms with Crippen molar-refractivity contribution in [2.45, 2.75) is 32.7 Å². The first kappa shape index (κ1) is 13.9. The van der Waals surface area contributed by atoms with Crippen molar-refractivity contribution in [3.63, 3.8) is 0 Å². The van der Waals surface area contributed by atoms with E-state index < -0.39 is 9.84 Å². The molecule has 1 rings (SSSR count). The lowest BCUT2D eigenvalue weighted by Crippen LogP contribution is -2.48. The van der Waals surface area contributed by atoms with E-state index in [9.17, 15) is 8.42 Å². The van der Waals surface area contributed by atoms with E-state index in [1.54, 1.807) is 0 Å². The van der Waals surface area contributed by atoms with Gasteiger partial charge in [-0.1, -0.05) is 13.3 Å². The maximum Gasteiger partial charge on any atom is 0.153 e. The highest BCUT2D eigenvalue weighted by molar-refractivity contribution is 7.91. The Balaban J connectivity index is 2.18. The molecule has 0 spiro atoms. The predicted octanol–water partition coefficient (Wildman–Crippen LogP) is 0.495. The number of hydrogen-bond acceptors (Lipinski definition) is 4. The van der Waals surface area contributed by atoms with Gasteiger partial charge in [0.05, 0.1) is 11.5 Å². The molecule has 0 saturated carbocycles. The van der Waals surface area contributed by atoms with Gasteiger partial charge in [0.15, 0.2) is 9.84 Å². The van der Waals surface area contributed by atoms with Crippen molar-refractivity contribution in [3.8, 4) is 0 Å². The topological polar surface area (TPSA) is 49.4 Å². The Labute approximate surface area is 99.3 Å². The van der Waals surface area contributed by atoms with Crippen LogP contribution in [0.25, 0.3) is 0 Å². The third kappa shape index (κ3) is 4.80. The fourth-order valence-corrected chi connectivity index (χ4v) is 3.64. The van der Waals surface area contributed by atoms with Crippen LogP contribution in [0.2, 0.25) is 0 Å². The molecule has 1 heterocycles. The van der Waals surface area contributed by atoms with Gasteiger partial charge in [-0.3, -0.25) is 4.90 Å². The van der Waals surface area contributed by atoms with Crippen molar-refractivity contribution >= 4 is 9.84 Å². The van der Waals surface area contributed by atoms with E-state index in [4.69, 9.17) is 0 Å². The van der Waals surface area contributed by atoms with E-state index in [1.165, 1.54) is 12.8 Å². The molecule has 1 N–H and O–H groups in total. The second kappa shape index (κ2) is 6.57. The Hall–Kier alpha value is -0.130. The number of rotatable bonds is 6. The molecule has 0 aromatic heterocycles. The smallest absolute Gasteiger partial charge is 0.153 e. The van der Waals surface area contributed by atoms with E-state index in [0.29, 0.717) is 18.1 Å². The minimum atomic E-state index is -2.77. The zero-order valence-corrected chi connectivity index (χ0v) is 11.2. The number of nitrogens with zero attached hydrogens (tertiary/aromatic N) is 1. The molecule has 0 aromatic carbocycles. The fraction of sp³-hybridized carbons (Fsp3) is 1.00. The van der Waals surface area contributed by atoms with Crippen LogP contribution in [0.3, 0.4) is 0 Å². The summed E-state index contributed by atoms with van der Waals surface area (Å²) in [7, 11) is -2.77. The molecular formula is C11H24N2O2S. The van der Waals surface area contributed by atoms with Gasteiger partial charge >= 0.3 is 0 Å². The molecule has 0 aliphatic carbocycles. The summed E-state index contributed by atoms with van der Waals surface area (Å²) in [4.78, 5) is 2.26. The van der Waals surface area contributed by atoms with Crippen molar-refractivity contribution in [2.24, 2.45) is 0 Å². The van der Waals surface area contributed by atoms with Gasteiger partial charge < -0.3 is 5.32 Å². The lowest BCUT2D eigenvalue weighted by Gasteiger charge is -2.33. The van der Waals surface area contributed by atoms with E-state index in [2.05, 4.69) is 17.1 Å². The van der Waals surface area contributed by atoms with Gasteiger partial charge in [-0.15, -0.1) is 0 Å². The SMILES string of the molecule is CCCCNCCN1CCS(=O)(=O)CC1C. The summed E-state index contributed by atoms with van der Waals surface area (Å²) in [6.07, 6.45) is 2.43. The maximum absolute atomic E-state index is 11.4. The molecule has 16 heavy (non-hydrogen) atoms. The van der Waals surface area contributed by atoms with E-state index in [-0.39, 0.29) is 6.04 Å². The van der Waals surface area contributed by atoms with Gasteiger partial charge in [-0.05, 0) is 19.9 Å². The average Bonchev–Trinajstić information content (AvgIpc) is 2.20. The van der Waals surface area contributed by atoms with Crippen LogP contribution in [-0.4, -0.2) is 57.0 Å². The van der Waals surface area contributed by atoms with Crippen LogP contribution in [0.15, 0.2) is 0 Å². The highest BCUT2D eigenvalue weighted by atomic mass is 32.2. The third-order valence-electron chi connectivity index (χ3n) is 3.09. The summed E-state index contributed by atoms with van der Waals surface area (Å²) in [5, 5.41) is 3.38. The zero-order valence-electron chi connectivity index (χ0n) is 10.4. The molecule has 5 heteroatoms. The largest absolute Gasteiger partial charge is 0.315 e. The van der Waals surface area contributed by atoms with Gasteiger partial charge in [-0.2, -0.15) is 0 Å². The first-order valence-electron chi connectivity index (χ1n) is 6.20. The Morgan fingerprint density at radius 2 is 2.12 bits per heavy atom. The van der Waals surface area contributed by atoms with Gasteiger partial charge in [0.2, 0.25) is 0 Å². The Bertz CT molecular complexity index is 290. The molecule has 1 saturated heterocycles. The summed E-state index contributed by atoms with van der Waals surface area (Å²) in [5.41, 5.74) is 0. The molecule has 0 amide bonds. The Morgan fingerprint density at radius 3 is 2.75 bits per heavy atom. The van der Waals surface area contributed by atoms with Gasteiger partial charge in [0, 0.05) is 25.7 Å². The van der Waals surface area contributed by atoms with Crippen molar-refractivity contribution in [1.82, 2.24) is 10.2 Å². The van der Waals surface area contributed by atoms with Crippen LogP contribution in [0.5, 0.6) is 0 Å². The van der Waals surface area contributed by atoms with Crippen molar-refractivity contribution in [3.05, 3.63) is 0 Å². The van der Waals surface area contributed by atoms with Gasteiger partial charge in [0.25, 0.3) is 0 Å². The second-order valence-electron chi connectivity index (χ2n) is 4.60. The van der Waals surface area contributed by atoms with Crippen molar-refractivity contribution in [1.29, 1.82) is 0 Å². The number of hydrogen-bond donors (Lipinski definition) is 1. The standard InChI is InChI=1S/C11H24N2O2S/c1-3-4-5-12-6-7-13-8-9-16(14,15)10-11(13)2/h11-12H,3-10H2,1-2H3. The lowest BCUT2D eigenvalue weighted by molar-refractivity contribution is 0.227. The lowest BCUT2D eigenvalue weighted by atomic mass is 10.3. The number of sulfone groups is 1. The monoisotopic (exact) mass is 248 g/mol. The fourth-order valence-electron chi connectivity index (χ4n) is 2.01. The normalized spacial score (nSPS) is 25.8. The van der Waals surface area contributed by atoms with Crippen LogP contribution >= 0.6 is 0 Å². The number of unbranched alkanes of at least 4 members (excludes halogenated alkanes) is 1. The quantitative estimate of drug-likeness (QED) is 0.695. The van der Waals surface area contributed by atoms with Crippen LogP contribution in [0.1, 0.15) is 26.7 Å². The first-order valence-corrected chi connectivity index (χ1v) is 8.02. The molecule has 1 atom stereocenters. The summed E-state index contributed by atoms with van der Waals surface area (Å²) < 4.78 is 22.8. The zero-order chi connectivity index (χ0) is 12.0. The van der Waals surface area contributed by atoms with Crippen LogP contribution in [-0.2, 0) is 9.84 Å². The molecule has 0 aromatic rings. The average molecular weight is 248 g/mol. The van der Waals surface area contributed by atoms with Gasteiger partial charge in [-0.25, -0.2) is 8.42 Å². The van der Waals surface area contributed by atoms with Crippen molar-refractivity contribution < 1.29 is 8.42 Å². The highest BCUT2D eigenvalue weighted by Crippen LogP contribution is 2.10. The first-order chi connectivity index (χ1) is 7.55. The maximum atomic E-state index is 11.4. The third-order valence-corrected chi connectivity index (χ3v) is 4.89. The summed E-state index contributed by atoms with van der Waals surface area (Å²) in [5.74, 6) is 0.647. The molecule has 0 bridgehead atoms. The number of nitrogens with one attached hydrogen (secondary N) is 1. The van der Waals surface area contributed by atoms with Crippen LogP contribution in [0, 0.1) is 0 Å². The second-order valence-corrected chi connectivity index (χ2v) is 6.83. The molecule has 1 fully saturated rings. The molecule has 1 aliphatic heterocycles. The summed E-state index contributed by atoms with van der Waals surface area (Å²) in [6.45, 7) is 7.86. The minimum absolute atomic E-state index is 0.173. The molecular weight excluding hydrogens is 224 g/mol. The molecule has 96 valence electrons. The molecule has 4 nitrogen and oxygen atoms in total. The Kier molecular flexibility index (Phi) is 5.72. The molecule has 0 radical (unpaired) electrons. The summed E-state index contributed by atoms with van der Waals surface area (Å²) >= 11 is 0. The van der Waals surface area contributed by atoms with Crippen molar-refractivity contribution in [2.75, 3.05) is 37.7 Å². The van der Waals surface area contributed by atoms with E-state index in [1.807, 2.05) is 6.92 Å². The highest BCUT2D eigenvalue weighted by Gasteiger charge is 2.27. The van der Waals surface area contributed by atoms with Gasteiger partial charge in [0.1, 0.15) is 0 Å². The minimum Gasteiger partial charge on any atom is -0.315 e. The predicted molar refractivity (Wildman–Crippen MR) is 67.5 cm³/mol. The van der Waals surface area contributed by atoms with E-state index >= 15 is 0 Å². The van der Waals surface area contributed by atoms with E-state index in [0.717, 1.165) is 19.6 Å². The van der Waals surface area contributed by atoms with Crippen LogP contribution in [0.4, 0.5) is 0 Å². The Morgan fingerprint density at radius 1 is 1.38 bits per heavy atom.